The first kappa shape index (κ1) is 11.9. The van der Waals surface area contributed by atoms with E-state index in [1.54, 1.807) is 18.2 Å². The summed E-state index contributed by atoms with van der Waals surface area (Å²) >= 11 is 0. The fraction of sp³-hybridized carbons (Fsp3) is 0.462. The topological polar surface area (TPSA) is 44.8 Å². The van der Waals surface area contributed by atoms with Crippen LogP contribution in [0, 0.1) is 0 Å². The molecular weight excluding hydrogens is 220 g/mol. The molecular formula is C13H16O4. The van der Waals surface area contributed by atoms with Crippen molar-refractivity contribution in [1.29, 1.82) is 0 Å². The van der Waals surface area contributed by atoms with Crippen molar-refractivity contribution in [3.8, 4) is 5.75 Å². The molecule has 4 heteroatoms. The van der Waals surface area contributed by atoms with Crippen molar-refractivity contribution in [2.24, 2.45) is 0 Å². The molecule has 0 spiro atoms. The van der Waals surface area contributed by atoms with Crippen LogP contribution in [0.2, 0.25) is 0 Å². The van der Waals surface area contributed by atoms with Gasteiger partial charge in [0.1, 0.15) is 11.9 Å². The minimum Gasteiger partial charge on any atom is -0.490 e. The SMILES string of the molecule is COC(=O)c1cccc(OC2CCOCC2)c1. The van der Waals surface area contributed by atoms with Crippen LogP contribution >= 0.6 is 0 Å². The molecule has 0 aliphatic carbocycles. The van der Waals surface area contributed by atoms with Gasteiger partial charge in [-0.15, -0.1) is 0 Å². The lowest BCUT2D eigenvalue weighted by molar-refractivity contribution is 0.0254. The first-order chi connectivity index (χ1) is 8.29. The van der Waals surface area contributed by atoms with E-state index in [-0.39, 0.29) is 12.1 Å². The van der Waals surface area contributed by atoms with Crippen LogP contribution in [0.1, 0.15) is 23.2 Å². The van der Waals surface area contributed by atoms with E-state index in [9.17, 15) is 4.79 Å². The van der Waals surface area contributed by atoms with E-state index >= 15 is 0 Å². The van der Waals surface area contributed by atoms with Crippen LogP contribution < -0.4 is 4.74 Å². The van der Waals surface area contributed by atoms with Crippen LogP contribution in [-0.2, 0) is 9.47 Å². The van der Waals surface area contributed by atoms with E-state index in [1.165, 1.54) is 7.11 Å². The molecule has 1 aliphatic heterocycles. The highest BCUT2D eigenvalue weighted by Crippen LogP contribution is 2.19. The van der Waals surface area contributed by atoms with Gasteiger partial charge in [0.15, 0.2) is 0 Å². The summed E-state index contributed by atoms with van der Waals surface area (Å²) in [6.45, 7) is 1.47. The normalized spacial score (nSPS) is 16.5. The number of rotatable bonds is 3. The van der Waals surface area contributed by atoms with Crippen molar-refractivity contribution in [1.82, 2.24) is 0 Å². The number of hydrogen-bond donors (Lipinski definition) is 0. The van der Waals surface area contributed by atoms with E-state index in [0.717, 1.165) is 26.1 Å². The first-order valence-corrected chi connectivity index (χ1v) is 5.72. The van der Waals surface area contributed by atoms with Crippen LogP contribution in [0.4, 0.5) is 0 Å². The van der Waals surface area contributed by atoms with Crippen LogP contribution in [0.5, 0.6) is 5.75 Å². The second kappa shape index (κ2) is 5.68. The maximum atomic E-state index is 11.4. The van der Waals surface area contributed by atoms with Crippen LogP contribution in [0.3, 0.4) is 0 Å². The Morgan fingerprint density at radius 2 is 2.12 bits per heavy atom. The van der Waals surface area contributed by atoms with Crippen molar-refractivity contribution >= 4 is 5.97 Å². The molecule has 1 fully saturated rings. The molecule has 1 saturated heterocycles. The van der Waals surface area contributed by atoms with E-state index < -0.39 is 0 Å². The van der Waals surface area contributed by atoms with Gasteiger partial charge in [-0.2, -0.15) is 0 Å². The molecule has 0 aromatic heterocycles. The molecule has 0 saturated carbocycles. The van der Waals surface area contributed by atoms with Crippen molar-refractivity contribution in [2.45, 2.75) is 18.9 Å². The van der Waals surface area contributed by atoms with Gasteiger partial charge < -0.3 is 14.2 Å². The first-order valence-electron chi connectivity index (χ1n) is 5.72. The number of methoxy groups -OCH3 is 1. The van der Waals surface area contributed by atoms with E-state index in [4.69, 9.17) is 9.47 Å². The molecule has 1 heterocycles. The van der Waals surface area contributed by atoms with Crippen molar-refractivity contribution in [3.63, 3.8) is 0 Å². The van der Waals surface area contributed by atoms with E-state index in [0.29, 0.717) is 11.3 Å². The Kier molecular flexibility index (Phi) is 3.98. The molecule has 0 amide bonds. The van der Waals surface area contributed by atoms with Gasteiger partial charge in [0.05, 0.1) is 25.9 Å². The summed E-state index contributed by atoms with van der Waals surface area (Å²) in [5.41, 5.74) is 0.511. The molecule has 1 aliphatic rings. The molecule has 0 atom stereocenters. The van der Waals surface area contributed by atoms with Crippen molar-refractivity contribution < 1.29 is 19.0 Å². The number of esters is 1. The summed E-state index contributed by atoms with van der Waals surface area (Å²) in [6.07, 6.45) is 1.96. The predicted octanol–water partition coefficient (Wildman–Crippen LogP) is 2.03. The van der Waals surface area contributed by atoms with Gasteiger partial charge in [0.25, 0.3) is 0 Å². The fourth-order valence-electron chi connectivity index (χ4n) is 1.80. The highest BCUT2D eigenvalue weighted by atomic mass is 16.5. The summed E-state index contributed by atoms with van der Waals surface area (Å²) < 4.78 is 15.7. The number of hydrogen-bond acceptors (Lipinski definition) is 4. The van der Waals surface area contributed by atoms with Crippen LogP contribution in [-0.4, -0.2) is 32.4 Å². The van der Waals surface area contributed by atoms with Gasteiger partial charge in [-0.05, 0) is 18.2 Å². The lowest BCUT2D eigenvalue weighted by Crippen LogP contribution is -2.25. The Morgan fingerprint density at radius 1 is 1.35 bits per heavy atom. The average Bonchev–Trinajstić information content (AvgIpc) is 2.39. The maximum Gasteiger partial charge on any atom is 0.337 e. The lowest BCUT2D eigenvalue weighted by Gasteiger charge is -2.23. The molecule has 92 valence electrons. The van der Waals surface area contributed by atoms with Crippen LogP contribution in [0.25, 0.3) is 0 Å². The molecule has 4 nitrogen and oxygen atoms in total. The number of benzene rings is 1. The second-order valence-corrected chi connectivity index (χ2v) is 3.95. The van der Waals surface area contributed by atoms with Gasteiger partial charge >= 0.3 is 5.97 Å². The second-order valence-electron chi connectivity index (χ2n) is 3.95. The standard InChI is InChI=1S/C13H16O4/c1-15-13(14)10-3-2-4-12(9-10)17-11-5-7-16-8-6-11/h2-4,9,11H,5-8H2,1H3. The molecule has 2 rings (SSSR count). The predicted molar refractivity (Wildman–Crippen MR) is 62.3 cm³/mol. The summed E-state index contributed by atoms with van der Waals surface area (Å²) in [5.74, 6) is 0.363. The monoisotopic (exact) mass is 236 g/mol. The molecule has 0 unspecified atom stereocenters. The third-order valence-electron chi connectivity index (χ3n) is 2.73. The van der Waals surface area contributed by atoms with Gasteiger partial charge in [-0.25, -0.2) is 4.79 Å². The van der Waals surface area contributed by atoms with E-state index in [2.05, 4.69) is 4.74 Å². The van der Waals surface area contributed by atoms with Crippen molar-refractivity contribution in [2.75, 3.05) is 20.3 Å². The summed E-state index contributed by atoms with van der Waals surface area (Å²) in [5, 5.41) is 0. The zero-order valence-corrected chi connectivity index (χ0v) is 9.85. The Hall–Kier alpha value is -1.55. The van der Waals surface area contributed by atoms with Gasteiger partial charge in [0, 0.05) is 12.8 Å². The Morgan fingerprint density at radius 3 is 2.82 bits per heavy atom. The molecule has 1 aromatic carbocycles. The number of carbonyl (C=O) groups excluding carboxylic acids is 1. The molecule has 17 heavy (non-hydrogen) atoms. The average molecular weight is 236 g/mol. The van der Waals surface area contributed by atoms with Gasteiger partial charge in [0.2, 0.25) is 0 Å². The highest BCUT2D eigenvalue weighted by Gasteiger charge is 2.15. The fourth-order valence-corrected chi connectivity index (χ4v) is 1.80. The summed E-state index contributed by atoms with van der Waals surface area (Å²) in [7, 11) is 1.37. The number of carbonyl (C=O) groups is 1. The summed E-state index contributed by atoms with van der Waals surface area (Å²) in [6, 6.07) is 7.06. The third-order valence-corrected chi connectivity index (χ3v) is 2.73. The zero-order chi connectivity index (χ0) is 12.1. The minimum absolute atomic E-state index is 0.177. The Bertz CT molecular complexity index is 383. The number of ether oxygens (including phenoxy) is 3. The smallest absolute Gasteiger partial charge is 0.337 e. The lowest BCUT2D eigenvalue weighted by atomic mass is 10.1. The minimum atomic E-state index is -0.345. The highest BCUT2D eigenvalue weighted by molar-refractivity contribution is 5.89. The zero-order valence-electron chi connectivity index (χ0n) is 9.85. The van der Waals surface area contributed by atoms with Gasteiger partial charge in [-0.1, -0.05) is 6.07 Å². The third kappa shape index (κ3) is 3.20. The molecule has 0 radical (unpaired) electrons. The largest absolute Gasteiger partial charge is 0.490 e. The molecule has 1 aromatic rings. The van der Waals surface area contributed by atoms with Crippen molar-refractivity contribution in [3.05, 3.63) is 29.8 Å². The summed E-state index contributed by atoms with van der Waals surface area (Å²) in [4.78, 5) is 11.4. The quantitative estimate of drug-likeness (QED) is 0.753. The van der Waals surface area contributed by atoms with Gasteiger partial charge in [-0.3, -0.25) is 0 Å². The molecule has 0 bridgehead atoms. The van der Waals surface area contributed by atoms with E-state index in [1.807, 2.05) is 6.07 Å². The Labute approximate surface area is 100 Å². The maximum absolute atomic E-state index is 11.4. The Balaban J connectivity index is 2.02. The molecule has 0 N–H and O–H groups in total. The van der Waals surface area contributed by atoms with Crippen LogP contribution in [0.15, 0.2) is 24.3 Å².